The van der Waals surface area contributed by atoms with Crippen molar-refractivity contribution in [1.82, 2.24) is 0 Å². The molecule has 0 radical (unpaired) electrons. The highest BCUT2D eigenvalue weighted by molar-refractivity contribution is 6.36. The van der Waals surface area contributed by atoms with Gasteiger partial charge in [-0.15, -0.1) is 0 Å². The largest absolute Gasteiger partial charge is 0.361 e. The molecule has 13 heavy (non-hydrogen) atoms. The lowest BCUT2D eigenvalue weighted by Crippen LogP contribution is -2.25. The van der Waals surface area contributed by atoms with Crippen molar-refractivity contribution in [2.75, 3.05) is 0 Å². The van der Waals surface area contributed by atoms with E-state index in [1.807, 2.05) is 30.3 Å². The highest BCUT2D eigenvalue weighted by Gasteiger charge is 2.15. The second-order valence-corrected chi connectivity index (χ2v) is 2.57. The lowest BCUT2D eigenvalue weighted by molar-refractivity contribution is -0.116. The monoisotopic (exact) mass is 175 g/mol. The van der Waals surface area contributed by atoms with Crippen LogP contribution in [-0.4, -0.2) is 16.4 Å². The summed E-state index contributed by atoms with van der Waals surface area (Å²) in [5, 5.41) is 0. The molecule has 4 nitrogen and oxygen atoms in total. The minimum atomic E-state index is -0.702. The molecule has 4 heteroatoms. The molecule has 1 rings (SSSR count). The second-order valence-electron chi connectivity index (χ2n) is 2.57. The van der Waals surface area contributed by atoms with Gasteiger partial charge in [0, 0.05) is 0 Å². The molecule has 0 aliphatic rings. The van der Waals surface area contributed by atoms with Crippen LogP contribution in [0.3, 0.4) is 0 Å². The van der Waals surface area contributed by atoms with Gasteiger partial charge in [0.05, 0.1) is 6.42 Å². The van der Waals surface area contributed by atoms with Gasteiger partial charge >= 0.3 is 11.6 Å². The van der Waals surface area contributed by atoms with Gasteiger partial charge in [0.15, 0.2) is 0 Å². The number of benzene rings is 1. The van der Waals surface area contributed by atoms with E-state index in [2.05, 4.69) is 4.79 Å². The summed E-state index contributed by atoms with van der Waals surface area (Å²) in [4.78, 5) is 13.5. The van der Waals surface area contributed by atoms with Crippen molar-refractivity contribution in [3.05, 3.63) is 41.4 Å². The van der Waals surface area contributed by atoms with Crippen molar-refractivity contribution in [3.8, 4) is 0 Å². The Labute approximate surface area is 75.6 Å². The second kappa shape index (κ2) is 4.18. The van der Waals surface area contributed by atoms with Crippen molar-refractivity contribution in [3.63, 3.8) is 0 Å². The standard InChI is InChI=1S/C9H9N3O/c10-9(13)8(12-11)6-7-4-2-1-3-5-7/h1-5H,6H2,(H2,10,13). The van der Waals surface area contributed by atoms with Crippen LogP contribution in [0.1, 0.15) is 5.56 Å². The van der Waals surface area contributed by atoms with Crippen molar-refractivity contribution < 1.29 is 9.58 Å². The lowest BCUT2D eigenvalue weighted by atomic mass is 10.1. The Morgan fingerprint density at radius 1 is 1.38 bits per heavy atom. The lowest BCUT2D eigenvalue weighted by Gasteiger charge is -1.93. The van der Waals surface area contributed by atoms with Gasteiger partial charge in [-0.05, 0) is 5.56 Å². The minimum Gasteiger partial charge on any atom is -0.361 e. The van der Waals surface area contributed by atoms with E-state index >= 15 is 0 Å². The van der Waals surface area contributed by atoms with Crippen molar-refractivity contribution in [1.29, 1.82) is 0 Å². The van der Waals surface area contributed by atoms with Crippen LogP contribution in [0.25, 0.3) is 5.53 Å². The average molecular weight is 175 g/mol. The van der Waals surface area contributed by atoms with Crippen LogP contribution in [0, 0.1) is 0 Å². The summed E-state index contributed by atoms with van der Waals surface area (Å²) in [5.41, 5.74) is 14.3. The molecule has 0 aromatic heterocycles. The molecule has 0 saturated carbocycles. The summed E-state index contributed by atoms with van der Waals surface area (Å²) in [7, 11) is 0. The first kappa shape index (κ1) is 9.16. The zero-order chi connectivity index (χ0) is 9.68. The minimum absolute atomic E-state index is 0.0359. The SMILES string of the molecule is [N-]=[N+]=C(Cc1ccccc1)C(N)=O. The van der Waals surface area contributed by atoms with E-state index < -0.39 is 5.91 Å². The van der Waals surface area contributed by atoms with Gasteiger partial charge in [-0.25, -0.2) is 0 Å². The third kappa shape index (κ3) is 2.54. The molecule has 66 valence electrons. The highest BCUT2D eigenvalue weighted by atomic mass is 16.1. The quantitative estimate of drug-likeness (QED) is 0.402. The van der Waals surface area contributed by atoms with Gasteiger partial charge in [0.25, 0.3) is 0 Å². The predicted octanol–water partition coefficient (Wildman–Crippen LogP) is 0.385. The van der Waals surface area contributed by atoms with Crippen LogP contribution in [0.4, 0.5) is 0 Å². The number of nitrogens with zero attached hydrogens (tertiary/aromatic N) is 2. The van der Waals surface area contributed by atoms with Crippen LogP contribution >= 0.6 is 0 Å². The molecule has 1 aromatic carbocycles. The molecule has 0 unspecified atom stereocenters. The van der Waals surface area contributed by atoms with E-state index in [1.165, 1.54) is 0 Å². The summed E-state index contributed by atoms with van der Waals surface area (Å²) in [6, 6.07) is 9.20. The van der Waals surface area contributed by atoms with E-state index in [0.717, 1.165) is 5.56 Å². The van der Waals surface area contributed by atoms with E-state index in [0.29, 0.717) is 0 Å². The first-order valence-electron chi connectivity index (χ1n) is 3.78. The van der Waals surface area contributed by atoms with Gasteiger partial charge in [0.1, 0.15) is 0 Å². The number of amides is 1. The van der Waals surface area contributed by atoms with Crippen LogP contribution in [-0.2, 0) is 11.2 Å². The van der Waals surface area contributed by atoms with Crippen molar-refractivity contribution >= 4 is 11.6 Å². The number of carbonyl (C=O) groups excluding carboxylic acids is 1. The topological polar surface area (TPSA) is 79.5 Å². The summed E-state index contributed by atoms with van der Waals surface area (Å²) in [5.74, 6) is -0.702. The summed E-state index contributed by atoms with van der Waals surface area (Å²) >= 11 is 0. The van der Waals surface area contributed by atoms with Gasteiger partial charge in [-0.1, -0.05) is 30.3 Å². The van der Waals surface area contributed by atoms with Gasteiger partial charge in [0.2, 0.25) is 0 Å². The zero-order valence-electron chi connectivity index (χ0n) is 6.97. The van der Waals surface area contributed by atoms with Gasteiger partial charge in [-0.2, -0.15) is 4.79 Å². The first-order chi connectivity index (χ1) is 6.24. The maximum absolute atomic E-state index is 10.7. The van der Waals surface area contributed by atoms with Crippen molar-refractivity contribution in [2.45, 2.75) is 6.42 Å². The molecule has 0 aliphatic carbocycles. The Bertz CT molecular complexity index is 352. The molecule has 0 heterocycles. The Balaban J connectivity index is 2.80. The predicted molar refractivity (Wildman–Crippen MR) is 48.0 cm³/mol. The summed E-state index contributed by atoms with van der Waals surface area (Å²) in [6.07, 6.45) is 0.257. The molecule has 1 aromatic rings. The van der Waals surface area contributed by atoms with Crippen LogP contribution in [0.15, 0.2) is 30.3 Å². The van der Waals surface area contributed by atoms with E-state index in [1.54, 1.807) is 0 Å². The molecule has 0 spiro atoms. The Hall–Kier alpha value is -1.93. The summed E-state index contributed by atoms with van der Waals surface area (Å²) in [6.45, 7) is 0. The number of hydrogen-bond donors (Lipinski definition) is 1. The maximum Gasteiger partial charge on any atom is 0.359 e. The maximum atomic E-state index is 10.7. The smallest absolute Gasteiger partial charge is 0.359 e. The Kier molecular flexibility index (Phi) is 2.95. The van der Waals surface area contributed by atoms with E-state index in [-0.39, 0.29) is 12.1 Å². The van der Waals surface area contributed by atoms with Crippen LogP contribution in [0.5, 0.6) is 0 Å². The third-order valence-corrected chi connectivity index (χ3v) is 1.62. The molecule has 0 bridgehead atoms. The molecule has 2 N–H and O–H groups in total. The number of primary amides is 1. The molecular weight excluding hydrogens is 166 g/mol. The molecule has 1 amide bonds. The van der Waals surface area contributed by atoms with E-state index in [4.69, 9.17) is 11.3 Å². The number of rotatable bonds is 3. The number of hydrogen-bond acceptors (Lipinski definition) is 1. The Morgan fingerprint density at radius 2 is 2.00 bits per heavy atom. The van der Waals surface area contributed by atoms with E-state index in [9.17, 15) is 4.79 Å². The molecule has 0 fully saturated rings. The van der Waals surface area contributed by atoms with Gasteiger partial charge in [-0.3, -0.25) is 4.79 Å². The third-order valence-electron chi connectivity index (χ3n) is 1.62. The normalized spacial score (nSPS) is 8.92. The zero-order valence-corrected chi connectivity index (χ0v) is 6.97. The average Bonchev–Trinajstić information content (AvgIpc) is 2.15. The molecule has 0 aliphatic heterocycles. The highest BCUT2D eigenvalue weighted by Crippen LogP contribution is 1.99. The van der Waals surface area contributed by atoms with Gasteiger partial charge < -0.3 is 11.3 Å². The van der Waals surface area contributed by atoms with Crippen LogP contribution in [0.2, 0.25) is 0 Å². The molecule has 0 atom stereocenters. The van der Waals surface area contributed by atoms with Crippen molar-refractivity contribution in [2.24, 2.45) is 5.73 Å². The molecular formula is C9H9N3O. The fourth-order valence-corrected chi connectivity index (χ4v) is 0.961. The number of carbonyl (C=O) groups is 1. The fourth-order valence-electron chi connectivity index (χ4n) is 0.961. The first-order valence-corrected chi connectivity index (χ1v) is 3.78. The Morgan fingerprint density at radius 3 is 2.46 bits per heavy atom. The summed E-state index contributed by atoms with van der Waals surface area (Å²) < 4.78 is 0. The van der Waals surface area contributed by atoms with Crippen LogP contribution < -0.4 is 5.73 Å². The molecule has 0 saturated heterocycles. The number of nitrogens with two attached hydrogens (primary N) is 1. The fraction of sp³-hybridized carbons (Fsp3) is 0.111.